The summed E-state index contributed by atoms with van der Waals surface area (Å²) in [5.74, 6) is 1.03. The van der Waals surface area contributed by atoms with Gasteiger partial charge in [-0.15, -0.1) is 0 Å². The van der Waals surface area contributed by atoms with Gasteiger partial charge in [0, 0.05) is 30.0 Å². The Morgan fingerprint density at radius 2 is 1.79 bits per heavy atom. The number of ketones is 1. The SMILES string of the molecule is COCCn1c(C2CCCCC2)nc2ccc(NC(=O)Nc3cccc(C(C)=O)c3)cc2c1=O. The zero-order valence-electron chi connectivity index (χ0n) is 19.6. The predicted octanol–water partition coefficient (Wildman–Crippen LogP) is 4.94. The smallest absolute Gasteiger partial charge is 0.323 e. The minimum atomic E-state index is -0.466. The number of nitrogens with zero attached hydrogens (tertiary/aromatic N) is 2. The molecule has 1 aliphatic carbocycles. The summed E-state index contributed by atoms with van der Waals surface area (Å²) >= 11 is 0. The lowest BCUT2D eigenvalue weighted by atomic mass is 9.88. The second-order valence-corrected chi connectivity index (χ2v) is 8.70. The summed E-state index contributed by atoms with van der Waals surface area (Å²) in [5.41, 5.74) is 2.00. The van der Waals surface area contributed by atoms with Gasteiger partial charge >= 0.3 is 6.03 Å². The highest BCUT2D eigenvalue weighted by Gasteiger charge is 2.22. The normalized spacial score (nSPS) is 14.2. The number of hydrogen-bond acceptors (Lipinski definition) is 5. The second-order valence-electron chi connectivity index (χ2n) is 8.70. The molecule has 1 aliphatic rings. The average Bonchev–Trinajstić information content (AvgIpc) is 2.84. The first-order valence-corrected chi connectivity index (χ1v) is 11.7. The largest absolute Gasteiger partial charge is 0.383 e. The van der Waals surface area contributed by atoms with Gasteiger partial charge in [-0.3, -0.25) is 14.2 Å². The summed E-state index contributed by atoms with van der Waals surface area (Å²) < 4.78 is 6.97. The maximum Gasteiger partial charge on any atom is 0.323 e. The van der Waals surface area contributed by atoms with Gasteiger partial charge in [0.1, 0.15) is 5.82 Å². The highest BCUT2D eigenvalue weighted by molar-refractivity contribution is 6.02. The number of rotatable bonds is 7. The molecule has 0 unspecified atom stereocenters. The fourth-order valence-corrected chi connectivity index (χ4v) is 4.50. The number of fused-ring (bicyclic) bond motifs is 1. The van der Waals surface area contributed by atoms with E-state index in [1.165, 1.54) is 13.3 Å². The van der Waals surface area contributed by atoms with E-state index in [0.29, 0.717) is 41.0 Å². The van der Waals surface area contributed by atoms with Crippen LogP contribution in [0, 0.1) is 0 Å². The fourth-order valence-electron chi connectivity index (χ4n) is 4.50. The van der Waals surface area contributed by atoms with Crippen LogP contribution in [0.15, 0.2) is 47.3 Å². The maximum atomic E-state index is 13.4. The van der Waals surface area contributed by atoms with Crippen LogP contribution < -0.4 is 16.2 Å². The van der Waals surface area contributed by atoms with E-state index in [1.807, 2.05) is 0 Å². The van der Waals surface area contributed by atoms with Crippen molar-refractivity contribution in [3.63, 3.8) is 0 Å². The molecule has 178 valence electrons. The van der Waals surface area contributed by atoms with Crippen LogP contribution in [0.3, 0.4) is 0 Å². The van der Waals surface area contributed by atoms with Gasteiger partial charge in [-0.05, 0) is 50.1 Å². The van der Waals surface area contributed by atoms with Crippen molar-refractivity contribution in [1.82, 2.24) is 9.55 Å². The number of carbonyl (C=O) groups is 2. The number of carbonyl (C=O) groups excluding carboxylic acids is 2. The number of urea groups is 1. The molecule has 2 N–H and O–H groups in total. The number of methoxy groups -OCH3 is 1. The van der Waals surface area contributed by atoms with Crippen LogP contribution in [0.5, 0.6) is 0 Å². The Hall–Kier alpha value is -3.52. The minimum Gasteiger partial charge on any atom is -0.383 e. The van der Waals surface area contributed by atoms with Crippen LogP contribution in [0.4, 0.5) is 16.2 Å². The molecule has 0 aliphatic heterocycles. The predicted molar refractivity (Wildman–Crippen MR) is 133 cm³/mol. The molecular weight excluding hydrogens is 432 g/mol. The Labute approximate surface area is 198 Å². The minimum absolute atomic E-state index is 0.0802. The van der Waals surface area contributed by atoms with E-state index in [4.69, 9.17) is 9.72 Å². The van der Waals surface area contributed by atoms with Gasteiger partial charge in [0.05, 0.1) is 24.1 Å². The number of aromatic nitrogens is 2. The van der Waals surface area contributed by atoms with Crippen LogP contribution >= 0.6 is 0 Å². The summed E-state index contributed by atoms with van der Waals surface area (Å²) in [6, 6.07) is 11.4. The molecule has 1 saturated carbocycles. The van der Waals surface area contributed by atoms with Gasteiger partial charge in [-0.1, -0.05) is 31.4 Å². The lowest BCUT2D eigenvalue weighted by molar-refractivity contribution is 0.101. The van der Waals surface area contributed by atoms with Crippen LogP contribution in [-0.4, -0.2) is 35.1 Å². The number of anilines is 2. The molecule has 2 aromatic carbocycles. The van der Waals surface area contributed by atoms with Crippen molar-refractivity contribution in [2.45, 2.75) is 51.5 Å². The molecule has 0 atom stereocenters. The molecule has 0 radical (unpaired) electrons. The lowest BCUT2D eigenvalue weighted by Crippen LogP contribution is -2.29. The van der Waals surface area contributed by atoms with Crippen molar-refractivity contribution in [3.05, 3.63) is 64.2 Å². The molecule has 8 heteroatoms. The highest BCUT2D eigenvalue weighted by Crippen LogP contribution is 2.32. The summed E-state index contributed by atoms with van der Waals surface area (Å²) in [4.78, 5) is 42.4. The Balaban J connectivity index is 1.60. The van der Waals surface area contributed by atoms with Gasteiger partial charge in [-0.2, -0.15) is 0 Å². The van der Waals surface area contributed by atoms with Crippen molar-refractivity contribution in [3.8, 4) is 0 Å². The molecule has 3 aromatic rings. The van der Waals surface area contributed by atoms with Gasteiger partial charge < -0.3 is 15.4 Å². The first-order chi connectivity index (χ1) is 16.5. The van der Waals surface area contributed by atoms with Crippen molar-refractivity contribution < 1.29 is 14.3 Å². The zero-order chi connectivity index (χ0) is 24.1. The first-order valence-electron chi connectivity index (χ1n) is 11.7. The Bertz CT molecular complexity index is 1260. The van der Waals surface area contributed by atoms with Gasteiger partial charge in [0.25, 0.3) is 5.56 Å². The highest BCUT2D eigenvalue weighted by atomic mass is 16.5. The fraction of sp³-hybridized carbons (Fsp3) is 0.385. The van der Waals surface area contributed by atoms with E-state index in [0.717, 1.165) is 31.5 Å². The molecule has 0 saturated heterocycles. The monoisotopic (exact) mass is 462 g/mol. The van der Waals surface area contributed by atoms with Crippen molar-refractivity contribution in [2.24, 2.45) is 0 Å². The molecule has 1 heterocycles. The summed E-state index contributed by atoms with van der Waals surface area (Å²) in [5, 5.41) is 5.94. The third kappa shape index (κ3) is 5.34. The van der Waals surface area contributed by atoms with E-state index >= 15 is 0 Å². The summed E-state index contributed by atoms with van der Waals surface area (Å²) in [6.45, 7) is 2.34. The van der Waals surface area contributed by atoms with Gasteiger partial charge in [0.15, 0.2) is 5.78 Å². The molecule has 34 heavy (non-hydrogen) atoms. The van der Waals surface area contributed by atoms with Crippen molar-refractivity contribution in [2.75, 3.05) is 24.4 Å². The molecule has 1 aromatic heterocycles. The zero-order valence-corrected chi connectivity index (χ0v) is 19.6. The van der Waals surface area contributed by atoms with Crippen LogP contribution in [-0.2, 0) is 11.3 Å². The van der Waals surface area contributed by atoms with Crippen molar-refractivity contribution in [1.29, 1.82) is 0 Å². The number of amides is 2. The third-order valence-electron chi connectivity index (χ3n) is 6.26. The van der Waals surface area contributed by atoms with Gasteiger partial charge in [-0.25, -0.2) is 9.78 Å². The maximum absolute atomic E-state index is 13.4. The van der Waals surface area contributed by atoms with Crippen LogP contribution in [0.25, 0.3) is 10.9 Å². The van der Waals surface area contributed by atoms with E-state index in [2.05, 4.69) is 10.6 Å². The molecule has 0 spiro atoms. The number of Topliss-reactive ketones (excluding diaryl/α,β-unsaturated/α-hetero) is 1. The second kappa shape index (κ2) is 10.6. The molecule has 0 bridgehead atoms. The van der Waals surface area contributed by atoms with Crippen LogP contribution in [0.2, 0.25) is 0 Å². The molecule has 2 amide bonds. The van der Waals surface area contributed by atoms with Crippen molar-refractivity contribution >= 4 is 34.1 Å². The van der Waals surface area contributed by atoms with E-state index in [-0.39, 0.29) is 17.3 Å². The number of ether oxygens (including phenoxy) is 1. The molecule has 1 fully saturated rings. The Morgan fingerprint density at radius 3 is 2.50 bits per heavy atom. The summed E-state index contributed by atoms with van der Waals surface area (Å²) in [6.07, 6.45) is 5.60. The molecule has 8 nitrogen and oxygen atoms in total. The Morgan fingerprint density at radius 1 is 1.06 bits per heavy atom. The van der Waals surface area contributed by atoms with E-state index < -0.39 is 6.03 Å². The first kappa shape index (κ1) is 23.6. The average molecular weight is 463 g/mol. The number of benzene rings is 2. The standard InChI is InChI=1S/C26H30N4O4/c1-17(31)19-9-6-10-20(15-19)27-26(33)28-21-11-12-23-22(16-21)25(32)30(13-14-34-2)24(29-23)18-7-4-3-5-8-18/h6,9-12,15-16,18H,3-5,7-8,13-14H2,1-2H3,(H2,27,28,33). The van der Waals surface area contributed by atoms with Crippen LogP contribution in [0.1, 0.15) is 61.1 Å². The van der Waals surface area contributed by atoms with E-state index in [1.54, 1.807) is 54.1 Å². The topological polar surface area (TPSA) is 102 Å². The quantitative estimate of drug-likeness (QED) is 0.484. The molecule has 4 rings (SSSR count). The summed E-state index contributed by atoms with van der Waals surface area (Å²) in [7, 11) is 1.62. The van der Waals surface area contributed by atoms with E-state index in [9.17, 15) is 14.4 Å². The molecular formula is C26H30N4O4. The Kier molecular flexibility index (Phi) is 7.37. The lowest BCUT2D eigenvalue weighted by Gasteiger charge is -2.24. The number of hydrogen-bond donors (Lipinski definition) is 2. The third-order valence-corrected chi connectivity index (χ3v) is 6.26. The van der Waals surface area contributed by atoms with Gasteiger partial charge in [0.2, 0.25) is 0 Å². The number of nitrogens with one attached hydrogen (secondary N) is 2.